The van der Waals surface area contributed by atoms with Crippen LogP contribution in [0.2, 0.25) is 0 Å². The van der Waals surface area contributed by atoms with Crippen LogP contribution in [0.1, 0.15) is 48.6 Å². The normalized spacial score (nSPS) is 11.8. The van der Waals surface area contributed by atoms with Gasteiger partial charge in [-0.2, -0.15) is 0 Å². The Hall–Kier alpha value is -5.80. The van der Waals surface area contributed by atoms with E-state index in [0.29, 0.717) is 0 Å². The SMILES string of the molecule is Cc1cccc(C)c1-c1cc(-c2ccccn2)cc(-c2cccc3c2[nH]c2c(-c4cc(-c5c(C)cc(C(C)(C)C)cc5C)ccn4)cccc23)c1. The number of hydrogen-bond acceptors (Lipinski definition) is 2. The van der Waals surface area contributed by atoms with E-state index in [0.717, 1.165) is 44.7 Å². The van der Waals surface area contributed by atoms with Gasteiger partial charge in [0.15, 0.2) is 0 Å². The average Bonchev–Trinajstić information content (AvgIpc) is 3.50. The first-order chi connectivity index (χ1) is 24.6. The lowest BCUT2D eigenvalue weighted by molar-refractivity contribution is 0.589. The van der Waals surface area contributed by atoms with E-state index in [-0.39, 0.29) is 5.41 Å². The highest BCUT2D eigenvalue weighted by atomic mass is 14.7. The number of para-hydroxylation sites is 2. The van der Waals surface area contributed by atoms with Crippen molar-refractivity contribution in [3.63, 3.8) is 0 Å². The molecule has 3 aromatic heterocycles. The summed E-state index contributed by atoms with van der Waals surface area (Å²) in [5.74, 6) is 0. The smallest absolute Gasteiger partial charge is 0.0729 e. The van der Waals surface area contributed by atoms with Gasteiger partial charge in [0.1, 0.15) is 0 Å². The Bertz CT molecular complexity index is 2560. The maximum Gasteiger partial charge on any atom is 0.0729 e. The Balaban J connectivity index is 1.30. The zero-order valence-corrected chi connectivity index (χ0v) is 30.5. The summed E-state index contributed by atoms with van der Waals surface area (Å²) >= 11 is 0. The number of aromatic amines is 1. The Kier molecular flexibility index (Phi) is 7.95. The maximum absolute atomic E-state index is 4.93. The molecule has 5 aromatic carbocycles. The van der Waals surface area contributed by atoms with Gasteiger partial charge in [0.05, 0.1) is 22.4 Å². The van der Waals surface area contributed by atoms with Crippen LogP contribution >= 0.6 is 0 Å². The highest BCUT2D eigenvalue weighted by molar-refractivity contribution is 6.15. The summed E-state index contributed by atoms with van der Waals surface area (Å²) in [5.41, 5.74) is 20.1. The van der Waals surface area contributed by atoms with Crippen molar-refractivity contribution in [1.82, 2.24) is 15.0 Å². The predicted molar refractivity (Wildman–Crippen MR) is 216 cm³/mol. The Labute approximate surface area is 301 Å². The van der Waals surface area contributed by atoms with Crippen LogP contribution in [0.25, 0.3) is 77.7 Å². The zero-order chi connectivity index (χ0) is 35.4. The number of hydrogen-bond donors (Lipinski definition) is 1. The molecule has 0 atom stereocenters. The topological polar surface area (TPSA) is 41.6 Å². The number of pyridine rings is 2. The van der Waals surface area contributed by atoms with Gasteiger partial charge in [-0.05, 0) is 131 Å². The van der Waals surface area contributed by atoms with Gasteiger partial charge in [0.2, 0.25) is 0 Å². The summed E-state index contributed by atoms with van der Waals surface area (Å²) < 4.78 is 0. The molecule has 8 aromatic rings. The molecule has 0 saturated heterocycles. The summed E-state index contributed by atoms with van der Waals surface area (Å²) in [6.07, 6.45) is 3.82. The molecule has 0 aliphatic heterocycles. The molecular formula is C48H43N3. The molecule has 0 unspecified atom stereocenters. The highest BCUT2D eigenvalue weighted by Crippen LogP contribution is 2.41. The lowest BCUT2D eigenvalue weighted by Gasteiger charge is -2.22. The van der Waals surface area contributed by atoms with Crippen LogP contribution in [0, 0.1) is 27.7 Å². The molecule has 0 fully saturated rings. The second-order valence-corrected chi connectivity index (χ2v) is 15.0. The minimum Gasteiger partial charge on any atom is -0.353 e. The van der Waals surface area contributed by atoms with E-state index < -0.39 is 0 Å². The van der Waals surface area contributed by atoms with Crippen molar-refractivity contribution >= 4 is 21.8 Å². The van der Waals surface area contributed by atoms with Crippen LogP contribution in [0.3, 0.4) is 0 Å². The van der Waals surface area contributed by atoms with Crippen LogP contribution in [0.5, 0.6) is 0 Å². The zero-order valence-electron chi connectivity index (χ0n) is 30.5. The minimum absolute atomic E-state index is 0.0995. The van der Waals surface area contributed by atoms with Crippen LogP contribution in [0.15, 0.2) is 128 Å². The van der Waals surface area contributed by atoms with Crippen LogP contribution in [-0.2, 0) is 5.41 Å². The van der Waals surface area contributed by atoms with Crippen molar-refractivity contribution in [2.75, 3.05) is 0 Å². The number of aryl methyl sites for hydroxylation is 4. The van der Waals surface area contributed by atoms with E-state index in [1.165, 1.54) is 60.8 Å². The van der Waals surface area contributed by atoms with E-state index >= 15 is 0 Å². The summed E-state index contributed by atoms with van der Waals surface area (Å²) in [4.78, 5) is 13.6. The number of rotatable bonds is 5. The fraction of sp³-hybridized carbons (Fsp3) is 0.167. The van der Waals surface area contributed by atoms with Crippen molar-refractivity contribution < 1.29 is 0 Å². The minimum atomic E-state index is 0.0995. The van der Waals surface area contributed by atoms with Gasteiger partial charge in [-0.25, -0.2) is 0 Å². The Morgan fingerprint density at radius 1 is 0.451 bits per heavy atom. The molecule has 250 valence electrons. The lowest BCUT2D eigenvalue weighted by Crippen LogP contribution is -2.12. The second kappa shape index (κ2) is 12.5. The fourth-order valence-corrected chi connectivity index (χ4v) is 7.87. The number of nitrogens with one attached hydrogen (secondary N) is 1. The second-order valence-electron chi connectivity index (χ2n) is 15.0. The van der Waals surface area contributed by atoms with Gasteiger partial charge in [-0.15, -0.1) is 0 Å². The van der Waals surface area contributed by atoms with Crippen molar-refractivity contribution in [3.05, 3.63) is 155 Å². The van der Waals surface area contributed by atoms with E-state index in [9.17, 15) is 0 Å². The molecule has 0 amide bonds. The number of aromatic nitrogens is 3. The quantitative estimate of drug-likeness (QED) is 0.199. The molecule has 3 nitrogen and oxygen atoms in total. The third-order valence-electron chi connectivity index (χ3n) is 10.4. The van der Waals surface area contributed by atoms with E-state index in [2.05, 4.69) is 163 Å². The van der Waals surface area contributed by atoms with Gasteiger partial charge in [0.25, 0.3) is 0 Å². The van der Waals surface area contributed by atoms with Gasteiger partial charge in [-0.1, -0.05) is 93.6 Å². The Morgan fingerprint density at radius 3 is 1.71 bits per heavy atom. The number of nitrogens with zero attached hydrogens (tertiary/aromatic N) is 2. The first-order valence-corrected chi connectivity index (χ1v) is 17.8. The van der Waals surface area contributed by atoms with Crippen molar-refractivity contribution in [1.29, 1.82) is 0 Å². The van der Waals surface area contributed by atoms with Gasteiger partial charge >= 0.3 is 0 Å². The molecule has 51 heavy (non-hydrogen) atoms. The van der Waals surface area contributed by atoms with Crippen molar-refractivity contribution in [3.8, 4) is 55.9 Å². The standard InChI is InChI=1S/C48H43N3/c1-29-13-10-14-30(2)44(29)36-26-34(25-35(27-36)42-19-8-9-21-49-42)38-15-11-16-39-40-17-12-18-41(47(40)51-46(38)39)43-28-33(20-22-50-43)45-31(3)23-37(24-32(45)4)48(5,6)7/h8-28,51H,1-7H3. The predicted octanol–water partition coefficient (Wildman–Crippen LogP) is 13.0. The van der Waals surface area contributed by atoms with Gasteiger partial charge in [-0.3, -0.25) is 9.97 Å². The van der Waals surface area contributed by atoms with Crippen molar-refractivity contribution in [2.45, 2.75) is 53.9 Å². The molecular weight excluding hydrogens is 619 g/mol. The summed E-state index contributed by atoms with van der Waals surface area (Å²) in [6.45, 7) is 15.7. The third-order valence-corrected chi connectivity index (χ3v) is 10.4. The summed E-state index contributed by atoms with van der Waals surface area (Å²) in [7, 11) is 0. The fourth-order valence-electron chi connectivity index (χ4n) is 7.87. The molecule has 3 heteroatoms. The number of fused-ring (bicyclic) bond motifs is 3. The first-order valence-electron chi connectivity index (χ1n) is 17.8. The van der Waals surface area contributed by atoms with E-state index in [1.54, 1.807) is 0 Å². The molecule has 0 aliphatic rings. The van der Waals surface area contributed by atoms with Gasteiger partial charge < -0.3 is 4.98 Å². The number of benzene rings is 5. The van der Waals surface area contributed by atoms with E-state index in [1.807, 2.05) is 18.5 Å². The van der Waals surface area contributed by atoms with Crippen LogP contribution in [-0.4, -0.2) is 15.0 Å². The third kappa shape index (κ3) is 5.83. The average molecular weight is 662 g/mol. The first kappa shape index (κ1) is 32.4. The molecule has 8 rings (SSSR count). The van der Waals surface area contributed by atoms with Gasteiger partial charge in [0, 0.05) is 39.9 Å². The monoisotopic (exact) mass is 661 g/mol. The molecule has 0 aliphatic carbocycles. The van der Waals surface area contributed by atoms with Crippen molar-refractivity contribution in [2.24, 2.45) is 0 Å². The number of H-pyrrole nitrogens is 1. The Morgan fingerprint density at radius 2 is 1.04 bits per heavy atom. The molecule has 0 bridgehead atoms. The molecule has 1 N–H and O–H groups in total. The van der Waals surface area contributed by atoms with Crippen LogP contribution in [0.4, 0.5) is 0 Å². The van der Waals surface area contributed by atoms with Crippen LogP contribution < -0.4 is 0 Å². The molecule has 0 saturated carbocycles. The molecule has 0 radical (unpaired) electrons. The molecule has 0 spiro atoms. The summed E-state index contributed by atoms with van der Waals surface area (Å²) in [6, 6.07) is 41.8. The lowest BCUT2D eigenvalue weighted by atomic mass is 9.82. The highest BCUT2D eigenvalue weighted by Gasteiger charge is 2.19. The maximum atomic E-state index is 4.93. The van der Waals surface area contributed by atoms with E-state index in [4.69, 9.17) is 9.97 Å². The molecule has 3 heterocycles. The largest absolute Gasteiger partial charge is 0.353 e. The summed E-state index contributed by atoms with van der Waals surface area (Å²) in [5, 5.41) is 2.39.